The standard InChI is InChI=1S/C19H28N4O2/c1-6-13(2)22-19(21-12-18(24)23(4)5)20-11-17-14(3)15-9-7-8-10-16(15)25-17/h7-10,13H,6,11-12H2,1-5H3,(H2,20,21,22). The van der Waals surface area contributed by atoms with Crippen LogP contribution in [0.5, 0.6) is 0 Å². The number of nitrogens with one attached hydrogen (secondary N) is 2. The monoisotopic (exact) mass is 344 g/mol. The van der Waals surface area contributed by atoms with Gasteiger partial charge >= 0.3 is 0 Å². The summed E-state index contributed by atoms with van der Waals surface area (Å²) in [6.45, 7) is 6.86. The topological polar surface area (TPSA) is 69.9 Å². The van der Waals surface area contributed by atoms with E-state index < -0.39 is 0 Å². The number of para-hydroxylation sites is 1. The van der Waals surface area contributed by atoms with Crippen molar-refractivity contribution in [3.63, 3.8) is 0 Å². The average Bonchev–Trinajstić information content (AvgIpc) is 2.93. The second kappa shape index (κ2) is 8.55. The number of hydrogen-bond donors (Lipinski definition) is 2. The second-order valence-electron chi connectivity index (χ2n) is 6.41. The van der Waals surface area contributed by atoms with Crippen molar-refractivity contribution in [2.75, 3.05) is 20.6 Å². The molecule has 6 heteroatoms. The molecule has 0 spiro atoms. The van der Waals surface area contributed by atoms with Gasteiger partial charge in [-0.15, -0.1) is 0 Å². The third kappa shape index (κ3) is 4.98. The Bertz CT molecular complexity index is 749. The lowest BCUT2D eigenvalue weighted by atomic mass is 10.1. The minimum atomic E-state index is -0.0369. The number of aryl methyl sites for hydroxylation is 1. The highest BCUT2D eigenvalue weighted by Gasteiger charge is 2.12. The summed E-state index contributed by atoms with van der Waals surface area (Å²) in [6.07, 6.45) is 0.964. The van der Waals surface area contributed by atoms with Crippen molar-refractivity contribution in [3.8, 4) is 0 Å². The normalized spacial score (nSPS) is 12.9. The molecule has 0 bridgehead atoms. The van der Waals surface area contributed by atoms with Crippen molar-refractivity contribution in [1.29, 1.82) is 0 Å². The number of carbonyl (C=O) groups is 1. The zero-order valence-electron chi connectivity index (χ0n) is 15.7. The van der Waals surface area contributed by atoms with Gasteiger partial charge in [0.15, 0.2) is 5.96 Å². The van der Waals surface area contributed by atoms with Gasteiger partial charge in [-0.1, -0.05) is 25.1 Å². The van der Waals surface area contributed by atoms with Crippen molar-refractivity contribution in [2.24, 2.45) is 4.99 Å². The Hall–Kier alpha value is -2.50. The number of nitrogens with zero attached hydrogens (tertiary/aromatic N) is 2. The number of fused-ring (bicyclic) bond motifs is 1. The van der Waals surface area contributed by atoms with Crippen LogP contribution >= 0.6 is 0 Å². The van der Waals surface area contributed by atoms with Gasteiger partial charge < -0.3 is 20.0 Å². The molecule has 1 unspecified atom stereocenters. The number of benzene rings is 1. The molecule has 1 aromatic carbocycles. The van der Waals surface area contributed by atoms with Crippen LogP contribution in [0.15, 0.2) is 33.7 Å². The summed E-state index contributed by atoms with van der Waals surface area (Å²) >= 11 is 0. The summed E-state index contributed by atoms with van der Waals surface area (Å²) in [5.74, 6) is 1.45. The number of guanidine groups is 1. The third-order valence-electron chi connectivity index (χ3n) is 4.23. The number of amides is 1. The first-order chi connectivity index (χ1) is 11.9. The van der Waals surface area contributed by atoms with Gasteiger partial charge in [-0.25, -0.2) is 4.99 Å². The fourth-order valence-corrected chi connectivity index (χ4v) is 2.33. The number of carbonyl (C=O) groups excluding carboxylic acids is 1. The van der Waals surface area contributed by atoms with Crippen LogP contribution in [0.2, 0.25) is 0 Å². The fraction of sp³-hybridized carbons (Fsp3) is 0.474. The molecule has 1 aromatic heterocycles. The first-order valence-electron chi connectivity index (χ1n) is 8.64. The second-order valence-corrected chi connectivity index (χ2v) is 6.41. The van der Waals surface area contributed by atoms with E-state index in [4.69, 9.17) is 4.42 Å². The summed E-state index contributed by atoms with van der Waals surface area (Å²) in [5, 5.41) is 7.70. The lowest BCUT2D eigenvalue weighted by Gasteiger charge is -2.17. The Balaban J connectivity index is 2.10. The molecule has 1 atom stereocenters. The van der Waals surface area contributed by atoms with Crippen LogP contribution in [0, 0.1) is 6.92 Å². The van der Waals surface area contributed by atoms with E-state index in [0.717, 1.165) is 28.7 Å². The zero-order valence-corrected chi connectivity index (χ0v) is 15.7. The molecule has 2 rings (SSSR count). The maximum absolute atomic E-state index is 11.8. The summed E-state index contributed by atoms with van der Waals surface area (Å²) in [6, 6.07) is 8.25. The summed E-state index contributed by atoms with van der Waals surface area (Å²) < 4.78 is 5.92. The van der Waals surface area contributed by atoms with Gasteiger partial charge in [0, 0.05) is 31.1 Å². The van der Waals surface area contributed by atoms with Crippen molar-refractivity contribution < 1.29 is 9.21 Å². The van der Waals surface area contributed by atoms with E-state index in [-0.39, 0.29) is 18.5 Å². The van der Waals surface area contributed by atoms with Gasteiger partial charge in [0.25, 0.3) is 0 Å². The highest BCUT2D eigenvalue weighted by atomic mass is 16.3. The van der Waals surface area contributed by atoms with Gasteiger partial charge in [-0.2, -0.15) is 0 Å². The molecule has 0 aliphatic carbocycles. The molecule has 1 amide bonds. The fourth-order valence-electron chi connectivity index (χ4n) is 2.33. The smallest absolute Gasteiger partial charge is 0.243 e. The molecule has 2 N–H and O–H groups in total. The molecule has 0 saturated heterocycles. The molecule has 0 aliphatic rings. The van der Waals surface area contributed by atoms with E-state index in [1.54, 1.807) is 14.1 Å². The van der Waals surface area contributed by atoms with E-state index in [1.807, 2.05) is 18.2 Å². The molecule has 6 nitrogen and oxygen atoms in total. The highest BCUT2D eigenvalue weighted by Crippen LogP contribution is 2.24. The molecule has 0 fully saturated rings. The van der Waals surface area contributed by atoms with Crippen molar-refractivity contribution in [1.82, 2.24) is 15.5 Å². The molecular formula is C19H28N4O2. The van der Waals surface area contributed by atoms with Crippen LogP contribution in [0.25, 0.3) is 11.0 Å². The minimum absolute atomic E-state index is 0.0369. The molecule has 0 radical (unpaired) electrons. The molecule has 0 aliphatic heterocycles. The van der Waals surface area contributed by atoms with Crippen LogP contribution in [0.4, 0.5) is 0 Å². The predicted molar refractivity (Wildman–Crippen MR) is 102 cm³/mol. The number of aliphatic imine (C=N–C) groups is 1. The molecule has 136 valence electrons. The van der Waals surface area contributed by atoms with E-state index in [9.17, 15) is 4.79 Å². The minimum Gasteiger partial charge on any atom is -0.459 e. The van der Waals surface area contributed by atoms with Crippen LogP contribution < -0.4 is 10.6 Å². The van der Waals surface area contributed by atoms with E-state index in [1.165, 1.54) is 4.90 Å². The summed E-state index contributed by atoms with van der Waals surface area (Å²) in [7, 11) is 3.45. The van der Waals surface area contributed by atoms with Crippen molar-refractivity contribution >= 4 is 22.8 Å². The zero-order chi connectivity index (χ0) is 18.4. The first kappa shape index (κ1) is 18.8. The van der Waals surface area contributed by atoms with Crippen molar-refractivity contribution in [3.05, 3.63) is 35.6 Å². The van der Waals surface area contributed by atoms with E-state index in [2.05, 4.69) is 42.5 Å². The maximum atomic E-state index is 11.8. The number of likely N-dealkylation sites (N-methyl/N-ethyl adjacent to an activating group) is 1. The predicted octanol–water partition coefficient (Wildman–Crippen LogP) is 2.66. The summed E-state index contributed by atoms with van der Waals surface area (Å²) in [4.78, 5) is 17.7. The number of furan rings is 1. The van der Waals surface area contributed by atoms with Crippen LogP contribution in [-0.2, 0) is 11.3 Å². The Morgan fingerprint density at radius 3 is 2.68 bits per heavy atom. The van der Waals surface area contributed by atoms with E-state index >= 15 is 0 Å². The largest absolute Gasteiger partial charge is 0.459 e. The lowest BCUT2D eigenvalue weighted by molar-refractivity contribution is -0.127. The van der Waals surface area contributed by atoms with Crippen molar-refractivity contribution in [2.45, 2.75) is 39.8 Å². The van der Waals surface area contributed by atoms with Gasteiger partial charge in [0.05, 0.1) is 6.54 Å². The maximum Gasteiger partial charge on any atom is 0.243 e. The highest BCUT2D eigenvalue weighted by molar-refractivity contribution is 5.85. The average molecular weight is 344 g/mol. The van der Waals surface area contributed by atoms with Gasteiger partial charge in [0.2, 0.25) is 5.91 Å². The molecule has 0 saturated carbocycles. The molecule has 1 heterocycles. The van der Waals surface area contributed by atoms with Crippen LogP contribution in [0.1, 0.15) is 31.6 Å². The Morgan fingerprint density at radius 1 is 1.32 bits per heavy atom. The van der Waals surface area contributed by atoms with Gasteiger partial charge in [0.1, 0.15) is 17.9 Å². The quantitative estimate of drug-likeness (QED) is 0.624. The van der Waals surface area contributed by atoms with Crippen LogP contribution in [0.3, 0.4) is 0 Å². The van der Waals surface area contributed by atoms with E-state index in [0.29, 0.717) is 12.5 Å². The Labute approximate surface area is 149 Å². The Kier molecular flexibility index (Phi) is 6.44. The van der Waals surface area contributed by atoms with Crippen LogP contribution in [-0.4, -0.2) is 43.4 Å². The lowest BCUT2D eigenvalue weighted by Crippen LogP contribution is -2.42. The Morgan fingerprint density at radius 2 is 2.04 bits per heavy atom. The molecular weight excluding hydrogens is 316 g/mol. The van der Waals surface area contributed by atoms with Gasteiger partial charge in [-0.3, -0.25) is 4.79 Å². The third-order valence-corrected chi connectivity index (χ3v) is 4.23. The SMILES string of the molecule is CCC(C)NC(=NCC(=O)N(C)C)NCc1oc2ccccc2c1C. The number of rotatable bonds is 6. The summed E-state index contributed by atoms with van der Waals surface area (Å²) in [5.41, 5.74) is 2.00. The number of hydrogen-bond acceptors (Lipinski definition) is 3. The van der Waals surface area contributed by atoms with Gasteiger partial charge in [-0.05, 0) is 26.3 Å². The first-order valence-corrected chi connectivity index (χ1v) is 8.64. The molecule has 2 aromatic rings. The molecule has 25 heavy (non-hydrogen) atoms.